The van der Waals surface area contributed by atoms with Gasteiger partial charge in [0.1, 0.15) is 0 Å². The molecule has 0 aromatic heterocycles. The molecule has 0 rings (SSSR count). The summed E-state index contributed by atoms with van der Waals surface area (Å²) in [5.74, 6) is -0.833. The van der Waals surface area contributed by atoms with Gasteiger partial charge >= 0.3 is 29.2 Å². The van der Waals surface area contributed by atoms with Crippen LogP contribution in [-0.2, 0) is 4.79 Å². The lowest BCUT2D eigenvalue weighted by Crippen LogP contribution is -1.81. The molecule has 0 radical (unpaired) electrons. The third-order valence-electron chi connectivity index (χ3n) is 0. The second-order valence-corrected chi connectivity index (χ2v) is 0.802. The van der Waals surface area contributed by atoms with Gasteiger partial charge in [0.2, 0.25) is 0 Å². The van der Waals surface area contributed by atoms with E-state index in [1.165, 1.54) is 0 Å². The number of carboxylic acids is 1. The topological polar surface area (TPSA) is 94.8 Å². The molecule has 0 fully saturated rings. The molecule has 0 aliphatic rings. The van der Waals surface area contributed by atoms with E-state index in [1.54, 1.807) is 0 Å². The van der Waals surface area contributed by atoms with E-state index >= 15 is 0 Å². The first kappa shape index (κ1) is 15.8. The molecule has 52 valence electrons. The Balaban J connectivity index is -0.0000000720. The lowest BCUT2D eigenvalue weighted by atomic mass is 10.9. The maximum Gasteiger partial charge on any atom is 0.503 e. The summed E-state index contributed by atoms with van der Waals surface area (Å²) in [4.78, 5) is 17.6. The van der Waals surface area contributed by atoms with Gasteiger partial charge in [-0.1, -0.05) is 0 Å². The predicted octanol–water partition coefficient (Wildman–Crippen LogP) is -0.603. The fourth-order valence-electron chi connectivity index (χ4n) is 0. The molecule has 0 aromatic rings. The molecular formula is C3H8MgO5. The van der Waals surface area contributed by atoms with Crippen molar-refractivity contribution in [2.75, 3.05) is 0 Å². The molecule has 0 aliphatic carbocycles. The summed E-state index contributed by atoms with van der Waals surface area (Å²) in [6, 6.07) is 0. The summed E-state index contributed by atoms with van der Waals surface area (Å²) in [6.07, 6.45) is -1.83. The maximum absolute atomic E-state index is 9.00. The fraction of sp³-hybridized carbons (Fsp3) is 0.333. The number of hydrogen-bond donors (Lipinski definition) is 3. The average Bonchev–Trinajstić information content (AvgIpc) is 1.25. The van der Waals surface area contributed by atoms with Crippen LogP contribution in [0.4, 0.5) is 4.79 Å². The van der Waals surface area contributed by atoms with Crippen molar-refractivity contribution in [3.05, 3.63) is 0 Å². The number of carboxylic acid groups (broad SMARTS) is 3. The van der Waals surface area contributed by atoms with Crippen LogP contribution < -0.4 is 0 Å². The summed E-state index contributed by atoms with van der Waals surface area (Å²) in [5, 5.41) is 21.4. The summed E-state index contributed by atoms with van der Waals surface area (Å²) in [5.41, 5.74) is 0. The van der Waals surface area contributed by atoms with Crippen LogP contribution in [0.5, 0.6) is 0 Å². The van der Waals surface area contributed by atoms with Crippen molar-refractivity contribution in [1.82, 2.24) is 0 Å². The van der Waals surface area contributed by atoms with Crippen molar-refractivity contribution >= 4 is 35.2 Å². The maximum atomic E-state index is 9.00. The normalized spacial score (nSPS) is 5.44. The standard InChI is InChI=1S/C2H4O2.CH2O3.Mg.2H/c1-2(3)4;2-1(3)4;;;/h1H3,(H,3,4);(H2,2,3,4);;;. The van der Waals surface area contributed by atoms with E-state index < -0.39 is 12.1 Å². The van der Waals surface area contributed by atoms with Crippen LogP contribution in [-0.4, -0.2) is 50.5 Å². The predicted molar refractivity (Wildman–Crippen MR) is 32.5 cm³/mol. The van der Waals surface area contributed by atoms with Gasteiger partial charge in [-0.05, 0) is 0 Å². The summed E-state index contributed by atoms with van der Waals surface area (Å²) < 4.78 is 0. The van der Waals surface area contributed by atoms with Crippen molar-refractivity contribution in [3.8, 4) is 0 Å². The number of carbonyl (C=O) groups is 2. The molecule has 3 N–H and O–H groups in total. The van der Waals surface area contributed by atoms with Crippen molar-refractivity contribution in [3.63, 3.8) is 0 Å². The van der Waals surface area contributed by atoms with E-state index in [0.717, 1.165) is 6.92 Å². The largest absolute Gasteiger partial charge is 0.503 e. The van der Waals surface area contributed by atoms with Crippen molar-refractivity contribution in [1.29, 1.82) is 0 Å². The highest BCUT2D eigenvalue weighted by atomic mass is 24.3. The van der Waals surface area contributed by atoms with Crippen LogP contribution >= 0.6 is 0 Å². The molecule has 0 unspecified atom stereocenters. The van der Waals surface area contributed by atoms with E-state index in [9.17, 15) is 0 Å². The van der Waals surface area contributed by atoms with Crippen LogP contribution in [0.1, 0.15) is 6.92 Å². The number of rotatable bonds is 0. The molecule has 0 amide bonds. The molecule has 0 aromatic carbocycles. The van der Waals surface area contributed by atoms with Crippen LogP contribution in [0.2, 0.25) is 0 Å². The molecular weight excluding hydrogens is 140 g/mol. The Labute approximate surface area is 67.5 Å². The van der Waals surface area contributed by atoms with E-state index in [2.05, 4.69) is 0 Å². The third kappa shape index (κ3) is 933. The lowest BCUT2D eigenvalue weighted by Gasteiger charge is -1.60. The summed E-state index contributed by atoms with van der Waals surface area (Å²) in [7, 11) is 0. The first-order valence-corrected chi connectivity index (χ1v) is 1.58. The highest BCUT2D eigenvalue weighted by molar-refractivity contribution is 5.75. The van der Waals surface area contributed by atoms with Gasteiger partial charge < -0.3 is 15.3 Å². The second kappa shape index (κ2) is 10.5. The highest BCUT2D eigenvalue weighted by Crippen LogP contribution is 1.43. The molecule has 0 saturated heterocycles. The Morgan fingerprint density at radius 1 is 1.11 bits per heavy atom. The van der Waals surface area contributed by atoms with Crippen LogP contribution in [0.25, 0.3) is 0 Å². The van der Waals surface area contributed by atoms with Gasteiger partial charge in [0, 0.05) is 6.92 Å². The van der Waals surface area contributed by atoms with Gasteiger partial charge in [0.05, 0.1) is 0 Å². The minimum atomic E-state index is -1.83. The quantitative estimate of drug-likeness (QED) is 0.399. The first-order valence-electron chi connectivity index (χ1n) is 1.58. The van der Waals surface area contributed by atoms with Crippen molar-refractivity contribution in [2.24, 2.45) is 0 Å². The second-order valence-electron chi connectivity index (χ2n) is 0.802. The Morgan fingerprint density at radius 2 is 1.11 bits per heavy atom. The summed E-state index contributed by atoms with van der Waals surface area (Å²) in [6.45, 7) is 1.08. The number of aliphatic carboxylic acids is 1. The summed E-state index contributed by atoms with van der Waals surface area (Å²) >= 11 is 0. The van der Waals surface area contributed by atoms with E-state index in [4.69, 9.17) is 24.9 Å². The molecule has 0 heterocycles. The lowest BCUT2D eigenvalue weighted by molar-refractivity contribution is -0.134. The van der Waals surface area contributed by atoms with Crippen LogP contribution in [0, 0.1) is 0 Å². The van der Waals surface area contributed by atoms with Gasteiger partial charge in [-0.3, -0.25) is 4.79 Å². The zero-order chi connectivity index (χ0) is 7.15. The van der Waals surface area contributed by atoms with E-state index in [-0.39, 0.29) is 23.1 Å². The van der Waals surface area contributed by atoms with Crippen LogP contribution in [0.15, 0.2) is 0 Å². The number of hydrogen-bond acceptors (Lipinski definition) is 2. The van der Waals surface area contributed by atoms with Crippen molar-refractivity contribution in [2.45, 2.75) is 6.92 Å². The zero-order valence-corrected chi connectivity index (χ0v) is 4.16. The smallest absolute Gasteiger partial charge is 0.481 e. The minimum absolute atomic E-state index is 0. The van der Waals surface area contributed by atoms with Crippen LogP contribution in [0.3, 0.4) is 0 Å². The van der Waals surface area contributed by atoms with Crippen molar-refractivity contribution < 1.29 is 24.9 Å². The Kier molecular flexibility index (Phi) is 18.4. The highest BCUT2D eigenvalue weighted by Gasteiger charge is 1.70. The Morgan fingerprint density at radius 3 is 1.11 bits per heavy atom. The van der Waals surface area contributed by atoms with Gasteiger partial charge in [0.25, 0.3) is 5.97 Å². The molecule has 0 bridgehead atoms. The van der Waals surface area contributed by atoms with Gasteiger partial charge in [-0.15, -0.1) is 0 Å². The van der Waals surface area contributed by atoms with E-state index in [1.807, 2.05) is 0 Å². The van der Waals surface area contributed by atoms with Gasteiger partial charge in [0.15, 0.2) is 0 Å². The first-order chi connectivity index (χ1) is 3.46. The zero-order valence-electron chi connectivity index (χ0n) is 4.16. The molecule has 0 aliphatic heterocycles. The molecule has 0 atom stereocenters. The van der Waals surface area contributed by atoms with Gasteiger partial charge in [-0.2, -0.15) is 0 Å². The minimum Gasteiger partial charge on any atom is -0.481 e. The molecule has 9 heavy (non-hydrogen) atoms. The van der Waals surface area contributed by atoms with Gasteiger partial charge in [-0.25, -0.2) is 4.79 Å². The Bertz CT molecular complexity index is 70.2. The molecule has 5 nitrogen and oxygen atoms in total. The molecule has 0 saturated carbocycles. The SMILES string of the molecule is CC(=O)O.O=C(O)O.[MgH2]. The fourth-order valence-corrected chi connectivity index (χ4v) is 0. The van der Waals surface area contributed by atoms with E-state index in [0.29, 0.717) is 0 Å². The molecule has 6 heteroatoms. The third-order valence-corrected chi connectivity index (χ3v) is 0. The average molecular weight is 148 g/mol. The Hall–Kier alpha value is -0.494. The monoisotopic (exact) mass is 148 g/mol. The molecule has 0 spiro atoms.